The molecule has 7 heteroatoms. The number of carbonyl (C=O) groups excluding carboxylic acids is 2. The maximum absolute atomic E-state index is 12.7. The molecule has 7 nitrogen and oxygen atoms in total. The van der Waals surface area contributed by atoms with Gasteiger partial charge in [-0.15, -0.1) is 0 Å². The van der Waals surface area contributed by atoms with E-state index in [1.165, 1.54) is 24.3 Å². The topological polar surface area (TPSA) is 116 Å². The van der Waals surface area contributed by atoms with E-state index < -0.39 is 30.1 Å². The number of aromatic hydroxyl groups is 1. The number of ketones is 1. The molecule has 4 atom stereocenters. The molecule has 0 aromatic heterocycles. The zero-order chi connectivity index (χ0) is 21.7. The van der Waals surface area contributed by atoms with Gasteiger partial charge in [-0.05, 0) is 44.9 Å². The summed E-state index contributed by atoms with van der Waals surface area (Å²) in [6, 6.07) is 3.26. The number of aliphatic hydroxyl groups is 2. The number of rotatable bonds is 2. The minimum atomic E-state index is -1.55. The van der Waals surface area contributed by atoms with Crippen molar-refractivity contribution in [1.29, 1.82) is 0 Å². The summed E-state index contributed by atoms with van der Waals surface area (Å²) in [5.41, 5.74) is 1.04. The van der Waals surface area contributed by atoms with Gasteiger partial charge in [0.05, 0.1) is 6.10 Å². The van der Waals surface area contributed by atoms with Gasteiger partial charge in [0.1, 0.15) is 23.5 Å². The summed E-state index contributed by atoms with van der Waals surface area (Å²) in [6.45, 7) is 7.32. The Balaban J connectivity index is 2.50. The summed E-state index contributed by atoms with van der Waals surface area (Å²) < 4.78 is 5.49. The normalized spacial score (nSPS) is 28.2. The SMILES string of the molecule is CC(C)Nc1cc(O)c2c(c1)/C=C/C[C@H](O)[C@H](O)C(=O)/C=C\[C@@H](C)[C@H](C)OC2=O. The van der Waals surface area contributed by atoms with Crippen LogP contribution in [-0.2, 0) is 9.53 Å². The monoisotopic (exact) mass is 403 g/mol. The fourth-order valence-electron chi connectivity index (χ4n) is 2.91. The van der Waals surface area contributed by atoms with E-state index in [0.29, 0.717) is 11.3 Å². The molecular formula is C22H29NO6. The van der Waals surface area contributed by atoms with Gasteiger partial charge in [-0.3, -0.25) is 4.79 Å². The van der Waals surface area contributed by atoms with Crippen molar-refractivity contribution in [3.8, 4) is 5.75 Å². The second-order valence-electron chi connectivity index (χ2n) is 7.64. The van der Waals surface area contributed by atoms with Gasteiger partial charge in [0, 0.05) is 23.7 Å². The number of anilines is 1. The van der Waals surface area contributed by atoms with E-state index in [1.807, 2.05) is 13.8 Å². The van der Waals surface area contributed by atoms with Crippen LogP contribution in [0.4, 0.5) is 5.69 Å². The van der Waals surface area contributed by atoms with Gasteiger partial charge >= 0.3 is 5.97 Å². The smallest absolute Gasteiger partial charge is 0.342 e. The molecule has 1 aliphatic rings. The first-order valence-corrected chi connectivity index (χ1v) is 9.69. The highest BCUT2D eigenvalue weighted by atomic mass is 16.5. The van der Waals surface area contributed by atoms with E-state index in [2.05, 4.69) is 5.32 Å². The number of benzene rings is 1. The molecule has 0 fully saturated rings. The van der Waals surface area contributed by atoms with E-state index in [4.69, 9.17) is 4.74 Å². The van der Waals surface area contributed by atoms with Crippen LogP contribution in [0, 0.1) is 5.92 Å². The number of hydrogen-bond donors (Lipinski definition) is 4. The zero-order valence-electron chi connectivity index (χ0n) is 17.1. The third kappa shape index (κ3) is 5.92. The lowest BCUT2D eigenvalue weighted by molar-refractivity contribution is -0.127. The molecule has 0 saturated carbocycles. The first-order valence-electron chi connectivity index (χ1n) is 9.69. The molecule has 29 heavy (non-hydrogen) atoms. The van der Waals surface area contributed by atoms with Crippen molar-refractivity contribution in [2.45, 2.75) is 58.5 Å². The van der Waals surface area contributed by atoms with Gasteiger partial charge in [-0.2, -0.15) is 0 Å². The van der Waals surface area contributed by atoms with Gasteiger partial charge in [-0.25, -0.2) is 4.79 Å². The molecule has 0 spiro atoms. The Bertz CT molecular complexity index is 814. The number of ether oxygens (including phenoxy) is 1. The van der Waals surface area contributed by atoms with E-state index in [9.17, 15) is 24.9 Å². The minimum absolute atomic E-state index is 0.0101. The Morgan fingerprint density at radius 3 is 2.48 bits per heavy atom. The molecule has 1 heterocycles. The molecule has 0 bridgehead atoms. The van der Waals surface area contributed by atoms with Crippen LogP contribution in [0.15, 0.2) is 30.4 Å². The van der Waals surface area contributed by atoms with Crippen LogP contribution in [0.25, 0.3) is 6.08 Å². The molecule has 0 aliphatic carbocycles. The summed E-state index contributed by atoms with van der Waals surface area (Å²) in [5.74, 6) is -1.85. The van der Waals surface area contributed by atoms with Crippen molar-refractivity contribution in [2.24, 2.45) is 5.92 Å². The van der Waals surface area contributed by atoms with Gasteiger partial charge < -0.3 is 25.4 Å². The molecule has 1 aromatic rings. The number of carbonyl (C=O) groups is 2. The summed E-state index contributed by atoms with van der Waals surface area (Å²) in [6.07, 6.45) is 2.36. The van der Waals surface area contributed by atoms with Crippen LogP contribution in [0.3, 0.4) is 0 Å². The highest BCUT2D eigenvalue weighted by Crippen LogP contribution is 2.30. The van der Waals surface area contributed by atoms with Crippen molar-refractivity contribution in [3.05, 3.63) is 41.5 Å². The predicted molar refractivity (Wildman–Crippen MR) is 111 cm³/mol. The van der Waals surface area contributed by atoms with Crippen LogP contribution in [0.5, 0.6) is 5.75 Å². The molecule has 0 radical (unpaired) electrons. The fourth-order valence-corrected chi connectivity index (χ4v) is 2.91. The lowest BCUT2D eigenvalue weighted by Crippen LogP contribution is -2.32. The lowest BCUT2D eigenvalue weighted by Gasteiger charge is -2.20. The van der Waals surface area contributed by atoms with E-state index in [0.717, 1.165) is 0 Å². The van der Waals surface area contributed by atoms with E-state index in [-0.39, 0.29) is 29.7 Å². The third-order valence-corrected chi connectivity index (χ3v) is 4.74. The van der Waals surface area contributed by atoms with Gasteiger partial charge in [0.2, 0.25) is 0 Å². The quantitative estimate of drug-likeness (QED) is 0.561. The molecule has 158 valence electrons. The van der Waals surface area contributed by atoms with E-state index >= 15 is 0 Å². The Kier molecular flexibility index (Phi) is 7.59. The molecular weight excluding hydrogens is 374 g/mol. The van der Waals surface area contributed by atoms with Crippen LogP contribution in [-0.4, -0.2) is 51.4 Å². The second kappa shape index (κ2) is 9.71. The Morgan fingerprint density at radius 2 is 1.83 bits per heavy atom. The number of phenolic OH excluding ortho intramolecular Hbond substituents is 1. The number of esters is 1. The van der Waals surface area contributed by atoms with Crippen LogP contribution in [0.2, 0.25) is 0 Å². The zero-order valence-corrected chi connectivity index (χ0v) is 17.1. The molecule has 1 aromatic carbocycles. The van der Waals surface area contributed by atoms with Crippen molar-refractivity contribution < 1.29 is 29.6 Å². The largest absolute Gasteiger partial charge is 0.507 e. The average Bonchev–Trinajstić information content (AvgIpc) is 2.63. The standard InChI is InChI=1S/C22H29NO6/c1-12(2)23-16-10-15-6-5-7-17(24)21(27)18(25)9-8-13(3)14(4)29-22(28)20(15)19(26)11-16/h5-6,8-14,17,21,23-24,26-27H,7H2,1-4H3/b6-5+,9-8-/t13-,14+,17+,21+/m1/s1. The third-order valence-electron chi connectivity index (χ3n) is 4.74. The van der Waals surface area contributed by atoms with Crippen molar-refractivity contribution in [3.63, 3.8) is 0 Å². The Morgan fingerprint density at radius 1 is 1.14 bits per heavy atom. The lowest BCUT2D eigenvalue weighted by atomic mass is 9.99. The molecule has 1 aliphatic heterocycles. The number of cyclic esters (lactones) is 1. The van der Waals surface area contributed by atoms with Crippen LogP contribution >= 0.6 is 0 Å². The second-order valence-corrected chi connectivity index (χ2v) is 7.64. The average molecular weight is 403 g/mol. The van der Waals surface area contributed by atoms with Gasteiger partial charge in [-0.1, -0.05) is 25.2 Å². The Labute approximate surface area is 170 Å². The first-order chi connectivity index (χ1) is 13.6. The van der Waals surface area contributed by atoms with Crippen molar-refractivity contribution >= 4 is 23.5 Å². The maximum Gasteiger partial charge on any atom is 0.342 e. The summed E-state index contributed by atoms with van der Waals surface area (Å²) >= 11 is 0. The molecule has 2 rings (SSSR count). The number of aliphatic hydroxyl groups excluding tert-OH is 2. The van der Waals surface area contributed by atoms with Gasteiger partial charge in [0.15, 0.2) is 5.78 Å². The summed E-state index contributed by atoms with van der Waals surface area (Å²) in [7, 11) is 0. The highest BCUT2D eigenvalue weighted by Gasteiger charge is 2.25. The van der Waals surface area contributed by atoms with Crippen LogP contribution in [0.1, 0.15) is 50.0 Å². The van der Waals surface area contributed by atoms with Crippen molar-refractivity contribution in [1.82, 2.24) is 0 Å². The van der Waals surface area contributed by atoms with Crippen LogP contribution < -0.4 is 5.32 Å². The Hall–Kier alpha value is -2.64. The van der Waals surface area contributed by atoms with Gasteiger partial charge in [0.25, 0.3) is 0 Å². The highest BCUT2D eigenvalue weighted by molar-refractivity contribution is 5.97. The molecule has 0 amide bonds. The molecule has 0 saturated heterocycles. The fraction of sp³-hybridized carbons (Fsp3) is 0.455. The molecule has 0 unspecified atom stereocenters. The number of phenols is 1. The summed E-state index contributed by atoms with van der Waals surface area (Å²) in [4.78, 5) is 24.8. The number of fused-ring (bicyclic) bond motifs is 1. The minimum Gasteiger partial charge on any atom is -0.507 e. The summed E-state index contributed by atoms with van der Waals surface area (Å²) in [5, 5.41) is 33.8. The molecule has 4 N–H and O–H groups in total. The predicted octanol–water partition coefficient (Wildman–Crippen LogP) is 2.66. The first kappa shape index (κ1) is 22.6. The van der Waals surface area contributed by atoms with E-state index in [1.54, 1.807) is 26.0 Å². The maximum atomic E-state index is 12.7. The number of nitrogens with one attached hydrogen (secondary N) is 1. The number of hydrogen-bond acceptors (Lipinski definition) is 7. The van der Waals surface area contributed by atoms with Crippen molar-refractivity contribution in [2.75, 3.05) is 5.32 Å².